The molecule has 1 amide bonds. The second-order valence-electron chi connectivity index (χ2n) is 6.21. The average molecular weight is 298 g/mol. The summed E-state index contributed by atoms with van der Waals surface area (Å²) in [5, 5.41) is 11.4. The molecule has 5 nitrogen and oxygen atoms in total. The number of nitrogens with zero attached hydrogens (tertiary/aromatic N) is 1. The largest absolute Gasteiger partial charge is 0.550 e. The lowest BCUT2D eigenvalue weighted by Crippen LogP contribution is -2.45. The molecule has 3 aliphatic heterocycles. The van der Waals surface area contributed by atoms with Crippen molar-refractivity contribution in [2.24, 2.45) is 11.8 Å². The maximum atomic E-state index is 12.6. The van der Waals surface area contributed by atoms with E-state index in [4.69, 9.17) is 4.74 Å². The fraction of sp³-hybridized carbons (Fsp3) is 0.412. The zero-order chi connectivity index (χ0) is 15.3. The number of hydrogen-bond donors (Lipinski definition) is 0. The maximum Gasteiger partial charge on any atom is 0.229 e. The summed E-state index contributed by atoms with van der Waals surface area (Å²) < 4.78 is 5.82. The molecular weight excluding hydrogens is 282 g/mol. The number of likely N-dealkylation sites (tertiary alicyclic amines) is 1. The van der Waals surface area contributed by atoms with E-state index in [0.717, 1.165) is 12.0 Å². The Balaban J connectivity index is 1.53. The Bertz CT molecular complexity index is 656. The third-order valence-electron chi connectivity index (χ3n) is 4.96. The molecule has 114 valence electrons. The lowest BCUT2D eigenvalue weighted by molar-refractivity contribution is -0.313. The quantitative estimate of drug-likeness (QED) is 0.720. The van der Waals surface area contributed by atoms with Gasteiger partial charge >= 0.3 is 0 Å². The van der Waals surface area contributed by atoms with Crippen molar-refractivity contribution >= 4 is 11.9 Å². The molecule has 1 aromatic rings. The molecule has 0 radical (unpaired) electrons. The van der Waals surface area contributed by atoms with Gasteiger partial charge in [0.05, 0.1) is 18.6 Å². The second kappa shape index (κ2) is 4.68. The fourth-order valence-corrected chi connectivity index (χ4v) is 3.95. The van der Waals surface area contributed by atoms with E-state index < -0.39 is 29.5 Å². The maximum absolute atomic E-state index is 12.6. The van der Waals surface area contributed by atoms with Crippen LogP contribution in [0.15, 0.2) is 42.5 Å². The van der Waals surface area contributed by atoms with Crippen molar-refractivity contribution in [3.8, 4) is 0 Å². The molecule has 22 heavy (non-hydrogen) atoms. The van der Waals surface area contributed by atoms with Crippen LogP contribution >= 0.6 is 0 Å². The molecule has 4 rings (SSSR count). The third kappa shape index (κ3) is 1.82. The second-order valence-corrected chi connectivity index (χ2v) is 6.21. The Morgan fingerprint density at radius 1 is 1.36 bits per heavy atom. The van der Waals surface area contributed by atoms with Gasteiger partial charge in [-0.3, -0.25) is 4.79 Å². The number of hydrogen-bond acceptors (Lipinski definition) is 4. The highest BCUT2D eigenvalue weighted by Gasteiger charge is 2.65. The molecule has 3 aliphatic rings. The van der Waals surface area contributed by atoms with E-state index in [1.807, 2.05) is 36.4 Å². The minimum Gasteiger partial charge on any atom is -0.550 e. The number of fused-ring (bicyclic) bond motifs is 1. The van der Waals surface area contributed by atoms with Crippen molar-refractivity contribution in [3.05, 3.63) is 48.0 Å². The standard InChI is InChI=1S/C17H17NO4/c19-15-14-13(16(20)21)12-6-8-17(14,22-12)10-18(15)9-7-11-4-2-1-3-5-11/h1-6,8,12-14H,7,9-10H2,(H,20,21)/p-1/t12-,13+,14-,17-/m1/s1. The zero-order valence-electron chi connectivity index (χ0n) is 12.0. The zero-order valence-corrected chi connectivity index (χ0v) is 12.0. The van der Waals surface area contributed by atoms with Crippen LogP contribution in [0, 0.1) is 11.8 Å². The first-order chi connectivity index (χ1) is 10.6. The summed E-state index contributed by atoms with van der Waals surface area (Å²) in [5.41, 5.74) is 0.394. The van der Waals surface area contributed by atoms with Gasteiger partial charge in [0.1, 0.15) is 5.60 Å². The Morgan fingerprint density at radius 2 is 2.14 bits per heavy atom. The van der Waals surface area contributed by atoms with Gasteiger partial charge in [0.2, 0.25) is 5.91 Å². The SMILES string of the molecule is O=C([O-])[C@H]1[C@H]2C=C[C@]3(CN(CCc4ccccc4)C(=O)[C@@H]13)O2. The summed E-state index contributed by atoms with van der Waals surface area (Å²) in [6, 6.07) is 9.93. The van der Waals surface area contributed by atoms with E-state index in [0.29, 0.717) is 13.1 Å². The first kappa shape index (κ1) is 13.5. The topological polar surface area (TPSA) is 69.7 Å². The molecule has 0 aliphatic carbocycles. The Hall–Kier alpha value is -2.14. The van der Waals surface area contributed by atoms with Gasteiger partial charge < -0.3 is 19.5 Å². The van der Waals surface area contributed by atoms with Crippen molar-refractivity contribution in [1.82, 2.24) is 4.90 Å². The molecule has 0 saturated carbocycles. The molecule has 2 saturated heterocycles. The van der Waals surface area contributed by atoms with E-state index in [9.17, 15) is 14.7 Å². The number of aliphatic carboxylic acids is 1. The van der Waals surface area contributed by atoms with Gasteiger partial charge in [-0.15, -0.1) is 0 Å². The molecule has 5 heteroatoms. The van der Waals surface area contributed by atoms with Crippen molar-refractivity contribution in [3.63, 3.8) is 0 Å². The molecule has 3 heterocycles. The summed E-state index contributed by atoms with van der Waals surface area (Å²) >= 11 is 0. The highest BCUT2D eigenvalue weighted by atomic mass is 16.5. The normalized spacial score (nSPS) is 35.2. The number of benzene rings is 1. The minimum absolute atomic E-state index is 0.128. The van der Waals surface area contributed by atoms with Crippen LogP contribution in [0.25, 0.3) is 0 Å². The van der Waals surface area contributed by atoms with Gasteiger partial charge in [-0.25, -0.2) is 0 Å². The molecular formula is C17H16NO4-. The Morgan fingerprint density at radius 3 is 2.86 bits per heavy atom. The average Bonchev–Trinajstić information content (AvgIpc) is 3.14. The van der Waals surface area contributed by atoms with Crippen LogP contribution in [0.2, 0.25) is 0 Å². The summed E-state index contributed by atoms with van der Waals surface area (Å²) in [5.74, 6) is -2.82. The summed E-state index contributed by atoms with van der Waals surface area (Å²) in [4.78, 5) is 25.7. The van der Waals surface area contributed by atoms with E-state index in [1.54, 1.807) is 11.0 Å². The van der Waals surface area contributed by atoms with E-state index >= 15 is 0 Å². The minimum atomic E-state index is -1.19. The van der Waals surface area contributed by atoms with Crippen LogP contribution < -0.4 is 5.11 Å². The number of rotatable bonds is 4. The lowest BCUT2D eigenvalue weighted by Gasteiger charge is -2.24. The fourth-order valence-electron chi connectivity index (χ4n) is 3.95. The molecule has 1 spiro atoms. The van der Waals surface area contributed by atoms with Crippen molar-refractivity contribution < 1.29 is 19.4 Å². The molecule has 2 fully saturated rings. The van der Waals surface area contributed by atoms with Gasteiger partial charge in [0.25, 0.3) is 0 Å². The number of carbonyl (C=O) groups is 2. The lowest BCUT2D eigenvalue weighted by atomic mass is 9.77. The summed E-state index contributed by atoms with van der Waals surface area (Å²) in [6.07, 6.45) is 3.85. The monoisotopic (exact) mass is 298 g/mol. The third-order valence-corrected chi connectivity index (χ3v) is 4.96. The van der Waals surface area contributed by atoms with Crippen LogP contribution in [-0.2, 0) is 20.7 Å². The van der Waals surface area contributed by atoms with E-state index in [1.165, 1.54) is 0 Å². The van der Waals surface area contributed by atoms with Crippen LogP contribution in [0.3, 0.4) is 0 Å². The van der Waals surface area contributed by atoms with E-state index in [2.05, 4.69) is 0 Å². The highest BCUT2D eigenvalue weighted by Crippen LogP contribution is 2.51. The number of carboxylic acids is 1. The molecule has 0 aromatic heterocycles. The van der Waals surface area contributed by atoms with Gasteiger partial charge in [-0.2, -0.15) is 0 Å². The predicted molar refractivity (Wildman–Crippen MR) is 75.5 cm³/mol. The van der Waals surface area contributed by atoms with Gasteiger partial charge in [0.15, 0.2) is 0 Å². The Labute approximate surface area is 128 Å². The number of amides is 1. The first-order valence-corrected chi connectivity index (χ1v) is 7.51. The first-order valence-electron chi connectivity index (χ1n) is 7.51. The van der Waals surface area contributed by atoms with Crippen molar-refractivity contribution in [2.75, 3.05) is 13.1 Å². The van der Waals surface area contributed by atoms with Gasteiger partial charge in [-0.1, -0.05) is 42.5 Å². The molecule has 2 bridgehead atoms. The van der Waals surface area contributed by atoms with Crippen molar-refractivity contribution in [2.45, 2.75) is 18.1 Å². The van der Waals surface area contributed by atoms with Gasteiger partial charge in [0, 0.05) is 18.4 Å². The number of ether oxygens (including phenoxy) is 1. The van der Waals surface area contributed by atoms with Crippen LogP contribution in [0.5, 0.6) is 0 Å². The smallest absolute Gasteiger partial charge is 0.229 e. The Kier molecular flexibility index (Phi) is 2.87. The van der Waals surface area contributed by atoms with Crippen LogP contribution in [0.4, 0.5) is 0 Å². The molecule has 0 unspecified atom stereocenters. The van der Waals surface area contributed by atoms with Crippen molar-refractivity contribution in [1.29, 1.82) is 0 Å². The molecule has 0 N–H and O–H groups in total. The van der Waals surface area contributed by atoms with Crippen LogP contribution in [0.1, 0.15) is 5.56 Å². The van der Waals surface area contributed by atoms with Crippen LogP contribution in [-0.4, -0.2) is 41.6 Å². The highest BCUT2D eigenvalue weighted by molar-refractivity contribution is 5.90. The predicted octanol–water partition coefficient (Wildman–Crippen LogP) is -0.239. The number of carboxylic acid groups (broad SMARTS) is 1. The number of carbonyl (C=O) groups excluding carboxylic acids is 2. The summed E-state index contributed by atoms with van der Waals surface area (Å²) in [7, 11) is 0. The molecule has 4 atom stereocenters. The molecule has 1 aromatic carbocycles. The van der Waals surface area contributed by atoms with E-state index in [-0.39, 0.29) is 5.91 Å². The summed E-state index contributed by atoms with van der Waals surface area (Å²) in [6.45, 7) is 1.00. The van der Waals surface area contributed by atoms with Gasteiger partial charge in [-0.05, 0) is 12.0 Å².